The summed E-state index contributed by atoms with van der Waals surface area (Å²) in [5.74, 6) is 0.969. The number of nitrogens with two attached hydrogens (primary N) is 1. The lowest BCUT2D eigenvalue weighted by molar-refractivity contribution is 0.0274. The van der Waals surface area contributed by atoms with Crippen LogP contribution in [0.1, 0.15) is 16.7 Å². The minimum atomic E-state index is -0.433. The lowest BCUT2D eigenvalue weighted by atomic mass is 9.77. The molecule has 2 heteroatoms. The van der Waals surface area contributed by atoms with E-state index in [1.807, 2.05) is 18.2 Å². The third kappa shape index (κ3) is 3.31. The molecule has 1 heterocycles. The molecule has 2 N–H and O–H groups in total. The van der Waals surface area contributed by atoms with E-state index in [4.69, 9.17) is 10.5 Å². The first-order valence-corrected chi connectivity index (χ1v) is 8.85. The Morgan fingerprint density at radius 2 is 1.28 bits per heavy atom. The Bertz CT molecular complexity index is 787. The molecule has 126 valence electrons. The molecule has 0 amide bonds. The molecule has 0 radical (unpaired) electrons. The molecule has 25 heavy (non-hydrogen) atoms. The SMILES string of the molecule is NC1Cc2ccccc2OC1(Cc1ccccc1)Cc1ccccc1. The molecule has 0 aliphatic carbocycles. The number of rotatable bonds is 4. The van der Waals surface area contributed by atoms with Gasteiger partial charge >= 0.3 is 0 Å². The Balaban J connectivity index is 1.73. The van der Waals surface area contributed by atoms with Crippen LogP contribution in [0.4, 0.5) is 0 Å². The summed E-state index contributed by atoms with van der Waals surface area (Å²) in [6.45, 7) is 0. The van der Waals surface area contributed by atoms with E-state index >= 15 is 0 Å². The van der Waals surface area contributed by atoms with Gasteiger partial charge in [0, 0.05) is 18.9 Å². The van der Waals surface area contributed by atoms with Gasteiger partial charge in [-0.15, -0.1) is 0 Å². The topological polar surface area (TPSA) is 35.2 Å². The highest BCUT2D eigenvalue weighted by molar-refractivity contribution is 5.39. The van der Waals surface area contributed by atoms with Crippen LogP contribution in [0.5, 0.6) is 5.75 Å². The second kappa shape index (κ2) is 6.73. The number of ether oxygens (including phenoxy) is 1. The summed E-state index contributed by atoms with van der Waals surface area (Å²) < 4.78 is 6.61. The number of hydrogen-bond acceptors (Lipinski definition) is 2. The molecule has 2 nitrogen and oxygen atoms in total. The lowest BCUT2D eigenvalue weighted by Gasteiger charge is -2.44. The van der Waals surface area contributed by atoms with E-state index in [9.17, 15) is 0 Å². The van der Waals surface area contributed by atoms with Crippen molar-refractivity contribution < 1.29 is 4.74 Å². The van der Waals surface area contributed by atoms with Crippen LogP contribution in [-0.2, 0) is 19.3 Å². The van der Waals surface area contributed by atoms with Crippen molar-refractivity contribution in [1.82, 2.24) is 0 Å². The van der Waals surface area contributed by atoms with Gasteiger partial charge in [0.1, 0.15) is 11.4 Å². The van der Waals surface area contributed by atoms with Gasteiger partial charge in [0.15, 0.2) is 0 Å². The Labute approximate surface area is 149 Å². The first-order valence-electron chi connectivity index (χ1n) is 8.85. The normalized spacial score (nSPS) is 18.2. The monoisotopic (exact) mass is 329 g/mol. The molecule has 0 fully saturated rings. The first-order chi connectivity index (χ1) is 12.3. The van der Waals surface area contributed by atoms with Gasteiger partial charge in [-0.2, -0.15) is 0 Å². The average Bonchev–Trinajstić information content (AvgIpc) is 2.64. The molecule has 3 aromatic carbocycles. The highest BCUT2D eigenvalue weighted by atomic mass is 16.5. The molecule has 1 aliphatic heterocycles. The Hall–Kier alpha value is -2.58. The Kier molecular flexibility index (Phi) is 4.29. The zero-order chi connectivity index (χ0) is 17.1. The van der Waals surface area contributed by atoms with Gasteiger partial charge in [0.05, 0.1) is 0 Å². The van der Waals surface area contributed by atoms with Crippen molar-refractivity contribution in [2.24, 2.45) is 5.73 Å². The summed E-state index contributed by atoms with van der Waals surface area (Å²) in [6.07, 6.45) is 2.45. The highest BCUT2D eigenvalue weighted by Crippen LogP contribution is 2.37. The van der Waals surface area contributed by atoms with E-state index in [-0.39, 0.29) is 6.04 Å². The van der Waals surface area contributed by atoms with Crippen LogP contribution in [0.15, 0.2) is 84.9 Å². The van der Waals surface area contributed by atoms with Gasteiger partial charge in [-0.25, -0.2) is 0 Å². The van der Waals surface area contributed by atoms with Crippen molar-refractivity contribution in [3.63, 3.8) is 0 Å². The second-order valence-electron chi connectivity index (χ2n) is 6.91. The van der Waals surface area contributed by atoms with Crippen LogP contribution in [0.25, 0.3) is 0 Å². The summed E-state index contributed by atoms with van der Waals surface area (Å²) in [6, 6.07) is 29.2. The van der Waals surface area contributed by atoms with Crippen molar-refractivity contribution in [2.75, 3.05) is 0 Å². The van der Waals surface area contributed by atoms with Crippen LogP contribution < -0.4 is 10.5 Å². The quantitative estimate of drug-likeness (QED) is 0.779. The van der Waals surface area contributed by atoms with Gasteiger partial charge in [-0.1, -0.05) is 78.9 Å². The third-order valence-electron chi connectivity index (χ3n) is 5.09. The fraction of sp³-hybridized carbons (Fsp3) is 0.217. The van der Waals surface area contributed by atoms with Gasteiger partial charge in [-0.3, -0.25) is 0 Å². The van der Waals surface area contributed by atoms with Crippen LogP contribution in [-0.4, -0.2) is 11.6 Å². The summed E-state index contributed by atoms with van der Waals surface area (Å²) >= 11 is 0. The largest absolute Gasteiger partial charge is 0.485 e. The zero-order valence-corrected chi connectivity index (χ0v) is 14.3. The van der Waals surface area contributed by atoms with Gasteiger partial charge < -0.3 is 10.5 Å². The molecule has 0 spiro atoms. The van der Waals surface area contributed by atoms with Crippen molar-refractivity contribution in [3.05, 3.63) is 102 Å². The Morgan fingerprint density at radius 3 is 1.88 bits per heavy atom. The fourth-order valence-electron chi connectivity index (χ4n) is 3.77. The van der Waals surface area contributed by atoms with Crippen molar-refractivity contribution in [1.29, 1.82) is 0 Å². The van der Waals surface area contributed by atoms with Crippen molar-refractivity contribution in [3.8, 4) is 5.75 Å². The summed E-state index contributed by atoms with van der Waals surface area (Å²) in [4.78, 5) is 0. The fourth-order valence-corrected chi connectivity index (χ4v) is 3.77. The maximum Gasteiger partial charge on any atom is 0.132 e. The van der Waals surface area contributed by atoms with Crippen LogP contribution >= 0.6 is 0 Å². The third-order valence-corrected chi connectivity index (χ3v) is 5.09. The Morgan fingerprint density at radius 1 is 0.760 bits per heavy atom. The molecule has 3 aromatic rings. The van der Waals surface area contributed by atoms with E-state index in [1.54, 1.807) is 0 Å². The maximum atomic E-state index is 6.70. The average molecular weight is 329 g/mol. The van der Waals surface area contributed by atoms with Gasteiger partial charge in [-0.05, 0) is 29.2 Å². The van der Waals surface area contributed by atoms with E-state index in [2.05, 4.69) is 66.7 Å². The zero-order valence-electron chi connectivity index (χ0n) is 14.3. The highest BCUT2D eigenvalue weighted by Gasteiger charge is 2.43. The molecular formula is C23H23NO. The molecule has 0 bridgehead atoms. The smallest absolute Gasteiger partial charge is 0.132 e. The molecule has 0 saturated carbocycles. The second-order valence-corrected chi connectivity index (χ2v) is 6.91. The van der Waals surface area contributed by atoms with Gasteiger partial charge in [0.25, 0.3) is 0 Å². The summed E-state index contributed by atoms with van der Waals surface area (Å²) in [5, 5.41) is 0. The lowest BCUT2D eigenvalue weighted by Crippen LogP contribution is -2.58. The molecule has 1 unspecified atom stereocenters. The number of para-hydroxylation sites is 1. The number of benzene rings is 3. The van der Waals surface area contributed by atoms with Crippen molar-refractivity contribution >= 4 is 0 Å². The van der Waals surface area contributed by atoms with E-state index in [0.29, 0.717) is 0 Å². The van der Waals surface area contributed by atoms with E-state index < -0.39 is 5.60 Å². The van der Waals surface area contributed by atoms with E-state index in [1.165, 1.54) is 16.7 Å². The van der Waals surface area contributed by atoms with Crippen molar-refractivity contribution in [2.45, 2.75) is 30.9 Å². The molecule has 1 aliphatic rings. The predicted octanol–water partition coefficient (Wildman–Crippen LogP) is 4.17. The summed E-state index contributed by atoms with van der Waals surface area (Å²) in [5.41, 5.74) is 9.98. The maximum absolute atomic E-state index is 6.70. The minimum Gasteiger partial charge on any atom is -0.485 e. The number of hydrogen-bond donors (Lipinski definition) is 1. The number of fused-ring (bicyclic) bond motifs is 1. The molecular weight excluding hydrogens is 306 g/mol. The van der Waals surface area contributed by atoms with Gasteiger partial charge in [0.2, 0.25) is 0 Å². The molecule has 1 atom stereocenters. The first kappa shape index (κ1) is 15.9. The standard InChI is InChI=1S/C23H23NO/c24-22-15-20-13-7-8-14-21(20)25-23(22,16-18-9-3-1-4-10-18)17-19-11-5-2-6-12-19/h1-14,22H,15-17,24H2. The van der Waals surface area contributed by atoms with Crippen LogP contribution in [0.3, 0.4) is 0 Å². The van der Waals surface area contributed by atoms with Crippen LogP contribution in [0, 0.1) is 0 Å². The predicted molar refractivity (Wildman–Crippen MR) is 102 cm³/mol. The minimum absolute atomic E-state index is 0.0530. The van der Waals surface area contributed by atoms with E-state index in [0.717, 1.165) is 25.0 Å². The molecule has 0 aromatic heterocycles. The molecule has 4 rings (SSSR count). The molecule has 0 saturated heterocycles. The summed E-state index contributed by atoms with van der Waals surface area (Å²) in [7, 11) is 0. The van der Waals surface area contributed by atoms with Crippen LogP contribution in [0.2, 0.25) is 0 Å².